The van der Waals surface area contributed by atoms with Gasteiger partial charge >= 0.3 is 0 Å². The van der Waals surface area contributed by atoms with Gasteiger partial charge < -0.3 is 20.5 Å². The first-order chi connectivity index (χ1) is 9.63. The van der Waals surface area contributed by atoms with Crippen LogP contribution in [0.5, 0.6) is 11.5 Å². The molecule has 0 aromatic heterocycles. The molecule has 1 aromatic carbocycles. The second-order valence-electron chi connectivity index (χ2n) is 5.18. The van der Waals surface area contributed by atoms with Gasteiger partial charge in [0.05, 0.1) is 18.8 Å². The van der Waals surface area contributed by atoms with Crippen molar-refractivity contribution in [3.63, 3.8) is 0 Å². The Hall–Kier alpha value is -1.75. The molecule has 20 heavy (non-hydrogen) atoms. The summed E-state index contributed by atoms with van der Waals surface area (Å²) in [5, 5.41) is 15.8. The molecule has 5 nitrogen and oxygen atoms in total. The van der Waals surface area contributed by atoms with E-state index in [1.807, 2.05) is 0 Å². The Labute approximate surface area is 119 Å². The van der Waals surface area contributed by atoms with Crippen LogP contribution in [0.3, 0.4) is 0 Å². The summed E-state index contributed by atoms with van der Waals surface area (Å²) in [6.07, 6.45) is 3.06. The zero-order valence-electron chi connectivity index (χ0n) is 12.0. The third-order valence-electron chi connectivity index (χ3n) is 3.87. The zero-order chi connectivity index (χ0) is 14.5. The fraction of sp³-hybridized carbons (Fsp3) is 0.533. The molecule has 0 radical (unpaired) electrons. The Kier molecular flexibility index (Phi) is 4.84. The third-order valence-corrected chi connectivity index (χ3v) is 3.87. The van der Waals surface area contributed by atoms with E-state index in [0.29, 0.717) is 17.4 Å². The highest BCUT2D eigenvalue weighted by molar-refractivity contribution is 5.96. The van der Waals surface area contributed by atoms with Gasteiger partial charge in [0.15, 0.2) is 0 Å². The lowest BCUT2D eigenvalue weighted by atomic mass is 9.90. The van der Waals surface area contributed by atoms with E-state index in [1.54, 1.807) is 12.1 Å². The molecule has 2 rings (SSSR count). The molecule has 5 heteroatoms. The fourth-order valence-electron chi connectivity index (χ4n) is 2.53. The molecule has 1 saturated heterocycles. The second kappa shape index (κ2) is 6.61. The van der Waals surface area contributed by atoms with E-state index in [2.05, 4.69) is 17.6 Å². The van der Waals surface area contributed by atoms with Crippen LogP contribution in [0.1, 0.15) is 26.2 Å². The standard InChI is InChI=1S/C15H22N2O3/c1-3-10-6-7-16-13(8-10)15(19)17-12-5-4-11(20-2)9-14(12)18/h4-5,9-10,13,16,18H,3,6-8H2,1-2H3,(H,17,19). The summed E-state index contributed by atoms with van der Waals surface area (Å²) in [6, 6.07) is 4.65. The molecule has 110 valence electrons. The second-order valence-corrected chi connectivity index (χ2v) is 5.18. The Morgan fingerprint density at radius 3 is 3.00 bits per heavy atom. The van der Waals surface area contributed by atoms with Gasteiger partial charge in [-0.15, -0.1) is 0 Å². The number of phenols is 1. The number of rotatable bonds is 4. The van der Waals surface area contributed by atoms with Crippen LogP contribution in [0, 0.1) is 5.92 Å². The molecule has 2 unspecified atom stereocenters. The van der Waals surface area contributed by atoms with E-state index in [4.69, 9.17) is 4.74 Å². The highest BCUT2D eigenvalue weighted by atomic mass is 16.5. The lowest BCUT2D eigenvalue weighted by molar-refractivity contribution is -0.119. The predicted octanol–water partition coefficient (Wildman–Crippen LogP) is 2.12. The molecule has 0 bridgehead atoms. The van der Waals surface area contributed by atoms with Crippen LogP contribution in [0.25, 0.3) is 0 Å². The Morgan fingerprint density at radius 1 is 1.55 bits per heavy atom. The highest BCUT2D eigenvalue weighted by Gasteiger charge is 2.26. The first-order valence-corrected chi connectivity index (χ1v) is 7.05. The average molecular weight is 278 g/mol. The van der Waals surface area contributed by atoms with E-state index >= 15 is 0 Å². The van der Waals surface area contributed by atoms with E-state index in [-0.39, 0.29) is 17.7 Å². The van der Waals surface area contributed by atoms with E-state index in [1.165, 1.54) is 13.2 Å². The van der Waals surface area contributed by atoms with Crippen molar-refractivity contribution in [1.82, 2.24) is 5.32 Å². The molecule has 0 aliphatic carbocycles. The first kappa shape index (κ1) is 14.7. The summed E-state index contributed by atoms with van der Waals surface area (Å²) in [6.45, 7) is 3.02. The van der Waals surface area contributed by atoms with Gasteiger partial charge in [0.25, 0.3) is 0 Å². The summed E-state index contributed by atoms with van der Waals surface area (Å²) >= 11 is 0. The molecular formula is C15H22N2O3. The van der Waals surface area contributed by atoms with Crippen molar-refractivity contribution in [3.05, 3.63) is 18.2 Å². The van der Waals surface area contributed by atoms with Crippen LogP contribution < -0.4 is 15.4 Å². The number of nitrogens with one attached hydrogen (secondary N) is 2. The average Bonchev–Trinajstić information content (AvgIpc) is 2.49. The van der Waals surface area contributed by atoms with Crippen LogP contribution in [0.15, 0.2) is 18.2 Å². The molecule has 1 aliphatic rings. The van der Waals surface area contributed by atoms with E-state index in [0.717, 1.165) is 25.8 Å². The monoisotopic (exact) mass is 278 g/mol. The van der Waals surface area contributed by atoms with Crippen LogP contribution in [-0.2, 0) is 4.79 Å². The van der Waals surface area contributed by atoms with E-state index in [9.17, 15) is 9.90 Å². The van der Waals surface area contributed by atoms with Gasteiger partial charge in [0.1, 0.15) is 11.5 Å². The quantitative estimate of drug-likeness (QED) is 0.738. The molecule has 1 aliphatic heterocycles. The van der Waals surface area contributed by atoms with Crippen molar-refractivity contribution in [3.8, 4) is 11.5 Å². The smallest absolute Gasteiger partial charge is 0.241 e. The topological polar surface area (TPSA) is 70.6 Å². The number of carbonyl (C=O) groups excluding carboxylic acids is 1. The molecule has 1 amide bonds. The van der Waals surface area contributed by atoms with Crippen molar-refractivity contribution in [2.24, 2.45) is 5.92 Å². The maximum absolute atomic E-state index is 12.2. The largest absolute Gasteiger partial charge is 0.506 e. The lowest BCUT2D eigenvalue weighted by Crippen LogP contribution is -2.46. The number of carbonyl (C=O) groups is 1. The number of benzene rings is 1. The first-order valence-electron chi connectivity index (χ1n) is 7.05. The predicted molar refractivity (Wildman–Crippen MR) is 78.1 cm³/mol. The summed E-state index contributed by atoms with van der Waals surface area (Å²) < 4.78 is 5.01. The number of piperidine rings is 1. The van der Waals surface area contributed by atoms with Crippen LogP contribution in [0.2, 0.25) is 0 Å². The minimum Gasteiger partial charge on any atom is -0.506 e. The SMILES string of the molecule is CCC1CCNC(C(=O)Nc2ccc(OC)cc2O)C1. The van der Waals surface area contributed by atoms with Gasteiger partial charge in [-0.05, 0) is 37.4 Å². The number of hydrogen-bond acceptors (Lipinski definition) is 4. The number of amides is 1. The number of aromatic hydroxyl groups is 1. The minimum absolute atomic E-state index is 0.0144. The molecule has 1 heterocycles. The minimum atomic E-state index is -0.185. The molecule has 3 N–H and O–H groups in total. The normalized spacial score (nSPS) is 22.3. The van der Waals surface area contributed by atoms with Crippen LogP contribution in [0.4, 0.5) is 5.69 Å². The Morgan fingerprint density at radius 2 is 2.35 bits per heavy atom. The van der Waals surface area contributed by atoms with Gasteiger partial charge in [-0.2, -0.15) is 0 Å². The van der Waals surface area contributed by atoms with Gasteiger partial charge in [0.2, 0.25) is 5.91 Å². The summed E-state index contributed by atoms with van der Waals surface area (Å²) in [5.41, 5.74) is 0.413. The van der Waals surface area contributed by atoms with Gasteiger partial charge in [0, 0.05) is 6.07 Å². The number of anilines is 1. The van der Waals surface area contributed by atoms with Crippen LogP contribution in [-0.4, -0.2) is 30.7 Å². The van der Waals surface area contributed by atoms with Crippen molar-refractivity contribution >= 4 is 11.6 Å². The summed E-state index contributed by atoms with van der Waals surface area (Å²) in [5.74, 6) is 1.07. The maximum atomic E-state index is 12.2. The third kappa shape index (κ3) is 3.42. The summed E-state index contributed by atoms with van der Waals surface area (Å²) in [4.78, 5) is 12.2. The van der Waals surface area contributed by atoms with Gasteiger partial charge in [-0.25, -0.2) is 0 Å². The Balaban J connectivity index is 2.00. The van der Waals surface area contributed by atoms with Gasteiger partial charge in [-0.3, -0.25) is 4.79 Å². The fourth-order valence-corrected chi connectivity index (χ4v) is 2.53. The van der Waals surface area contributed by atoms with E-state index < -0.39 is 0 Å². The molecule has 2 atom stereocenters. The van der Waals surface area contributed by atoms with Gasteiger partial charge in [-0.1, -0.05) is 13.3 Å². The molecule has 1 fully saturated rings. The number of phenolic OH excluding ortho intramolecular Hbond substituents is 1. The number of methoxy groups -OCH3 is 1. The molecule has 1 aromatic rings. The summed E-state index contributed by atoms with van der Waals surface area (Å²) in [7, 11) is 1.53. The van der Waals surface area contributed by atoms with Crippen molar-refractivity contribution < 1.29 is 14.6 Å². The number of ether oxygens (including phenoxy) is 1. The number of hydrogen-bond donors (Lipinski definition) is 3. The van der Waals surface area contributed by atoms with Crippen molar-refractivity contribution in [2.45, 2.75) is 32.2 Å². The maximum Gasteiger partial charge on any atom is 0.241 e. The molecule has 0 spiro atoms. The molecular weight excluding hydrogens is 256 g/mol. The highest BCUT2D eigenvalue weighted by Crippen LogP contribution is 2.28. The van der Waals surface area contributed by atoms with Crippen molar-refractivity contribution in [1.29, 1.82) is 0 Å². The van der Waals surface area contributed by atoms with Crippen LogP contribution >= 0.6 is 0 Å². The zero-order valence-corrected chi connectivity index (χ0v) is 12.0. The Bertz CT molecular complexity index is 476. The lowest BCUT2D eigenvalue weighted by Gasteiger charge is -2.28. The molecule has 0 saturated carbocycles. The van der Waals surface area contributed by atoms with Crippen molar-refractivity contribution in [2.75, 3.05) is 19.0 Å².